The number of thiazole rings is 1. The van der Waals surface area contributed by atoms with Crippen LogP contribution >= 0.6 is 11.3 Å². The standard InChI is InChI=1S/C15H28N2OS/c1-7-15(8-2,18-6)14-17-12(9-11(3)4)13(19-14)10-16-5/h11,16H,7-10H2,1-6H3. The predicted octanol–water partition coefficient (Wildman–Crippen LogP) is 3.72. The summed E-state index contributed by atoms with van der Waals surface area (Å²) >= 11 is 1.81. The minimum absolute atomic E-state index is 0.206. The Hall–Kier alpha value is -0.450. The molecule has 0 amide bonds. The Balaban J connectivity index is 3.14. The zero-order chi connectivity index (χ0) is 14.5. The monoisotopic (exact) mass is 284 g/mol. The van der Waals surface area contributed by atoms with Gasteiger partial charge in [-0.1, -0.05) is 27.7 Å². The Morgan fingerprint density at radius 1 is 1.32 bits per heavy atom. The second kappa shape index (κ2) is 7.36. The van der Waals surface area contributed by atoms with Gasteiger partial charge in [0.15, 0.2) is 0 Å². The van der Waals surface area contributed by atoms with Gasteiger partial charge < -0.3 is 10.1 Å². The number of nitrogens with one attached hydrogen (secondary N) is 1. The number of hydrogen-bond donors (Lipinski definition) is 1. The lowest BCUT2D eigenvalue weighted by atomic mass is 9.98. The normalized spacial score (nSPS) is 12.4. The van der Waals surface area contributed by atoms with E-state index < -0.39 is 0 Å². The van der Waals surface area contributed by atoms with Crippen LogP contribution in [0, 0.1) is 5.92 Å². The summed E-state index contributed by atoms with van der Waals surface area (Å²) in [5.41, 5.74) is 1.04. The van der Waals surface area contributed by atoms with Crippen LogP contribution in [0.2, 0.25) is 0 Å². The molecule has 0 aliphatic rings. The first-order chi connectivity index (χ1) is 9.02. The van der Waals surface area contributed by atoms with E-state index in [1.165, 1.54) is 10.6 Å². The highest BCUT2D eigenvalue weighted by Gasteiger charge is 2.32. The fourth-order valence-corrected chi connectivity index (χ4v) is 3.76. The Labute approximate surface area is 121 Å². The van der Waals surface area contributed by atoms with Gasteiger partial charge in [-0.15, -0.1) is 11.3 Å². The molecule has 0 aliphatic carbocycles. The number of methoxy groups -OCH3 is 1. The molecule has 19 heavy (non-hydrogen) atoms. The Bertz CT molecular complexity index is 375. The van der Waals surface area contributed by atoms with Crippen LogP contribution in [0.4, 0.5) is 0 Å². The van der Waals surface area contributed by atoms with Gasteiger partial charge in [0.1, 0.15) is 10.6 Å². The SMILES string of the molecule is CCC(CC)(OC)c1nc(CC(C)C)c(CNC)s1. The average Bonchev–Trinajstić information content (AvgIpc) is 2.76. The maximum absolute atomic E-state index is 5.80. The van der Waals surface area contributed by atoms with Crippen molar-refractivity contribution in [3.8, 4) is 0 Å². The van der Waals surface area contributed by atoms with Crippen LogP contribution in [0.5, 0.6) is 0 Å². The van der Waals surface area contributed by atoms with E-state index in [9.17, 15) is 0 Å². The Morgan fingerprint density at radius 2 is 1.95 bits per heavy atom. The Morgan fingerprint density at radius 3 is 2.37 bits per heavy atom. The van der Waals surface area contributed by atoms with Gasteiger partial charge in [0, 0.05) is 18.5 Å². The van der Waals surface area contributed by atoms with Gasteiger partial charge >= 0.3 is 0 Å². The van der Waals surface area contributed by atoms with Gasteiger partial charge in [0.25, 0.3) is 0 Å². The molecule has 0 saturated carbocycles. The molecule has 0 bridgehead atoms. The molecule has 0 spiro atoms. The van der Waals surface area contributed by atoms with Crippen molar-refractivity contribution in [3.05, 3.63) is 15.6 Å². The van der Waals surface area contributed by atoms with E-state index in [2.05, 4.69) is 33.0 Å². The highest BCUT2D eigenvalue weighted by molar-refractivity contribution is 7.11. The molecular formula is C15H28N2OS. The fraction of sp³-hybridized carbons (Fsp3) is 0.800. The summed E-state index contributed by atoms with van der Waals surface area (Å²) in [5, 5.41) is 4.39. The summed E-state index contributed by atoms with van der Waals surface area (Å²) in [6, 6.07) is 0. The van der Waals surface area contributed by atoms with Crippen LogP contribution in [-0.4, -0.2) is 19.1 Å². The third-order valence-corrected chi connectivity index (χ3v) is 4.92. The zero-order valence-electron chi connectivity index (χ0n) is 13.2. The van der Waals surface area contributed by atoms with Crippen LogP contribution in [0.25, 0.3) is 0 Å². The van der Waals surface area contributed by atoms with Gasteiger partial charge in [-0.25, -0.2) is 4.98 Å². The summed E-state index contributed by atoms with van der Waals surface area (Å²) < 4.78 is 5.80. The van der Waals surface area contributed by atoms with Crippen LogP contribution in [0.3, 0.4) is 0 Å². The van der Waals surface area contributed by atoms with Crippen molar-refractivity contribution in [3.63, 3.8) is 0 Å². The molecule has 1 heterocycles. The van der Waals surface area contributed by atoms with E-state index in [4.69, 9.17) is 9.72 Å². The van der Waals surface area contributed by atoms with E-state index in [-0.39, 0.29) is 5.60 Å². The predicted molar refractivity (Wildman–Crippen MR) is 82.7 cm³/mol. The molecule has 1 aromatic rings. The first-order valence-corrected chi connectivity index (χ1v) is 8.03. The molecule has 110 valence electrons. The van der Waals surface area contributed by atoms with Crippen LogP contribution in [0.15, 0.2) is 0 Å². The fourth-order valence-electron chi connectivity index (χ4n) is 2.35. The van der Waals surface area contributed by atoms with Crippen molar-refractivity contribution in [1.82, 2.24) is 10.3 Å². The first-order valence-electron chi connectivity index (χ1n) is 7.21. The van der Waals surface area contributed by atoms with Gasteiger partial charge in [-0.2, -0.15) is 0 Å². The lowest BCUT2D eigenvalue weighted by Crippen LogP contribution is -2.26. The second-order valence-electron chi connectivity index (χ2n) is 5.42. The molecule has 3 nitrogen and oxygen atoms in total. The van der Waals surface area contributed by atoms with Gasteiger partial charge in [-0.3, -0.25) is 0 Å². The minimum Gasteiger partial charge on any atom is -0.371 e. The van der Waals surface area contributed by atoms with Crippen molar-refractivity contribution in [2.75, 3.05) is 14.2 Å². The van der Waals surface area contributed by atoms with E-state index in [0.29, 0.717) is 5.92 Å². The molecule has 4 heteroatoms. The highest BCUT2D eigenvalue weighted by Crippen LogP contribution is 2.37. The molecule has 0 aromatic carbocycles. The Kier molecular flexibility index (Phi) is 6.43. The molecule has 0 unspecified atom stereocenters. The summed E-state index contributed by atoms with van der Waals surface area (Å²) in [6.07, 6.45) is 2.97. The quantitative estimate of drug-likeness (QED) is 0.790. The third kappa shape index (κ3) is 3.77. The summed E-state index contributed by atoms with van der Waals surface area (Å²) in [4.78, 5) is 6.26. The van der Waals surface area contributed by atoms with Crippen molar-refractivity contribution in [2.24, 2.45) is 5.92 Å². The van der Waals surface area contributed by atoms with Crippen LogP contribution in [0.1, 0.15) is 56.1 Å². The van der Waals surface area contributed by atoms with Crippen molar-refractivity contribution >= 4 is 11.3 Å². The average molecular weight is 284 g/mol. The van der Waals surface area contributed by atoms with Crippen molar-refractivity contribution < 1.29 is 4.74 Å². The van der Waals surface area contributed by atoms with Gasteiger partial charge in [-0.05, 0) is 32.2 Å². The molecule has 0 radical (unpaired) electrons. The summed E-state index contributed by atoms with van der Waals surface area (Å²) in [6.45, 7) is 9.73. The van der Waals surface area contributed by atoms with E-state index in [1.807, 2.05) is 18.4 Å². The molecule has 1 N–H and O–H groups in total. The topological polar surface area (TPSA) is 34.1 Å². The summed E-state index contributed by atoms with van der Waals surface area (Å²) in [7, 11) is 3.79. The number of aromatic nitrogens is 1. The maximum atomic E-state index is 5.80. The zero-order valence-corrected chi connectivity index (χ0v) is 14.0. The third-order valence-electron chi connectivity index (χ3n) is 3.64. The van der Waals surface area contributed by atoms with Crippen molar-refractivity contribution in [1.29, 1.82) is 0 Å². The lowest BCUT2D eigenvalue weighted by molar-refractivity contribution is -0.0220. The molecule has 0 saturated heterocycles. The molecule has 0 fully saturated rings. The van der Waals surface area contributed by atoms with E-state index in [0.717, 1.165) is 30.8 Å². The van der Waals surface area contributed by atoms with Gasteiger partial charge in [0.05, 0.1) is 5.69 Å². The molecule has 1 rings (SSSR count). The number of ether oxygens (including phenoxy) is 1. The highest BCUT2D eigenvalue weighted by atomic mass is 32.1. The summed E-state index contributed by atoms with van der Waals surface area (Å²) in [5.74, 6) is 0.630. The van der Waals surface area contributed by atoms with E-state index >= 15 is 0 Å². The molecule has 1 aromatic heterocycles. The van der Waals surface area contributed by atoms with Crippen molar-refractivity contribution in [2.45, 2.75) is 59.1 Å². The van der Waals surface area contributed by atoms with Crippen LogP contribution < -0.4 is 5.32 Å². The molecular weight excluding hydrogens is 256 g/mol. The lowest BCUT2D eigenvalue weighted by Gasteiger charge is -2.27. The van der Waals surface area contributed by atoms with Gasteiger partial charge in [0.2, 0.25) is 0 Å². The number of nitrogens with zero attached hydrogens (tertiary/aromatic N) is 1. The molecule has 0 atom stereocenters. The van der Waals surface area contributed by atoms with Crippen LogP contribution in [-0.2, 0) is 23.3 Å². The smallest absolute Gasteiger partial charge is 0.125 e. The number of hydrogen-bond acceptors (Lipinski definition) is 4. The molecule has 0 aliphatic heterocycles. The maximum Gasteiger partial charge on any atom is 0.125 e. The van der Waals surface area contributed by atoms with E-state index in [1.54, 1.807) is 7.11 Å². The largest absolute Gasteiger partial charge is 0.371 e. The number of rotatable bonds is 8. The second-order valence-corrected chi connectivity index (χ2v) is 6.51. The first kappa shape index (κ1) is 16.6. The minimum atomic E-state index is -0.206.